The minimum atomic E-state index is -0.229. The van der Waals surface area contributed by atoms with Gasteiger partial charge in [-0.3, -0.25) is 9.59 Å². The molecular weight excluding hydrogens is 344 g/mol. The summed E-state index contributed by atoms with van der Waals surface area (Å²) in [7, 11) is 0. The van der Waals surface area contributed by atoms with Crippen molar-refractivity contribution in [2.75, 3.05) is 10.6 Å². The van der Waals surface area contributed by atoms with Crippen molar-refractivity contribution in [3.05, 3.63) is 45.1 Å². The van der Waals surface area contributed by atoms with Crippen LogP contribution in [-0.4, -0.2) is 11.8 Å². The van der Waals surface area contributed by atoms with Crippen molar-refractivity contribution < 1.29 is 9.59 Å². The fraction of sp³-hybridized carbons (Fsp3) is 0.429. The van der Waals surface area contributed by atoms with Gasteiger partial charge in [-0.15, -0.1) is 11.3 Å². The molecule has 0 saturated carbocycles. The second-order valence-electron chi connectivity index (χ2n) is 7.71. The third-order valence-corrected chi connectivity index (χ3v) is 5.91. The van der Waals surface area contributed by atoms with Gasteiger partial charge in [0.25, 0.3) is 0 Å². The van der Waals surface area contributed by atoms with Gasteiger partial charge in [-0.05, 0) is 62.1 Å². The largest absolute Gasteiger partial charge is 0.326 e. The van der Waals surface area contributed by atoms with Crippen LogP contribution in [-0.2, 0) is 21.4 Å². The SMILES string of the molecule is Cc1cc(CCCC(=O)Nc2ccc3c(c2)C(C)(C)CC(=O)N3)c(C)s1. The number of aryl methyl sites for hydroxylation is 3. The van der Waals surface area contributed by atoms with E-state index in [9.17, 15) is 9.59 Å². The highest BCUT2D eigenvalue weighted by atomic mass is 32.1. The Kier molecular flexibility index (Phi) is 5.19. The summed E-state index contributed by atoms with van der Waals surface area (Å²) in [6.45, 7) is 8.37. The molecule has 0 fully saturated rings. The fourth-order valence-electron chi connectivity index (χ4n) is 3.58. The molecule has 2 aromatic rings. The summed E-state index contributed by atoms with van der Waals surface area (Å²) in [4.78, 5) is 26.8. The minimum absolute atomic E-state index is 0.0344. The topological polar surface area (TPSA) is 58.2 Å². The molecule has 1 aromatic heterocycles. The van der Waals surface area contributed by atoms with Crippen LogP contribution in [0.5, 0.6) is 0 Å². The molecule has 0 aliphatic carbocycles. The summed E-state index contributed by atoms with van der Waals surface area (Å²) >= 11 is 1.81. The molecule has 1 aliphatic heterocycles. The van der Waals surface area contributed by atoms with Crippen LogP contribution >= 0.6 is 11.3 Å². The lowest BCUT2D eigenvalue weighted by molar-refractivity contribution is -0.118. The fourth-order valence-corrected chi connectivity index (χ4v) is 4.55. The third-order valence-electron chi connectivity index (χ3n) is 4.90. The first-order valence-electron chi connectivity index (χ1n) is 9.05. The van der Waals surface area contributed by atoms with E-state index in [0.29, 0.717) is 12.8 Å². The molecule has 0 radical (unpaired) electrons. The predicted octanol–water partition coefficient (Wildman–Crippen LogP) is 4.95. The average molecular weight is 371 g/mol. The summed E-state index contributed by atoms with van der Waals surface area (Å²) in [6, 6.07) is 7.93. The molecule has 5 heteroatoms. The molecular formula is C21H26N2O2S. The summed E-state index contributed by atoms with van der Waals surface area (Å²) < 4.78 is 0. The van der Waals surface area contributed by atoms with Crippen LogP contribution in [0.3, 0.4) is 0 Å². The van der Waals surface area contributed by atoms with Gasteiger partial charge in [-0.25, -0.2) is 0 Å². The summed E-state index contributed by atoms with van der Waals surface area (Å²) in [5, 5.41) is 5.90. The number of fused-ring (bicyclic) bond motifs is 1. The maximum Gasteiger partial charge on any atom is 0.225 e. The van der Waals surface area contributed by atoms with Crippen LogP contribution in [0, 0.1) is 13.8 Å². The van der Waals surface area contributed by atoms with Gasteiger partial charge in [0, 0.05) is 39.4 Å². The number of anilines is 2. The van der Waals surface area contributed by atoms with E-state index in [1.807, 2.05) is 29.5 Å². The smallest absolute Gasteiger partial charge is 0.225 e. The molecule has 1 aliphatic rings. The number of amides is 2. The van der Waals surface area contributed by atoms with Gasteiger partial charge in [0.1, 0.15) is 0 Å². The maximum absolute atomic E-state index is 12.3. The Balaban J connectivity index is 1.60. The van der Waals surface area contributed by atoms with E-state index in [1.54, 1.807) is 0 Å². The monoisotopic (exact) mass is 370 g/mol. The molecule has 0 spiro atoms. The van der Waals surface area contributed by atoms with Crippen LogP contribution in [0.15, 0.2) is 24.3 Å². The molecule has 0 bridgehead atoms. The van der Waals surface area contributed by atoms with Gasteiger partial charge < -0.3 is 10.6 Å². The third kappa shape index (κ3) is 4.15. The summed E-state index contributed by atoms with van der Waals surface area (Å²) in [6.07, 6.45) is 2.74. The molecule has 3 rings (SSSR count). The van der Waals surface area contributed by atoms with E-state index < -0.39 is 0 Å². The van der Waals surface area contributed by atoms with Crippen molar-refractivity contribution in [3.8, 4) is 0 Å². The number of nitrogens with one attached hydrogen (secondary N) is 2. The summed E-state index contributed by atoms with van der Waals surface area (Å²) in [5.74, 6) is 0.0745. The van der Waals surface area contributed by atoms with Gasteiger partial charge in [0.2, 0.25) is 11.8 Å². The molecule has 4 nitrogen and oxygen atoms in total. The normalized spacial score (nSPS) is 15.3. The first-order chi connectivity index (χ1) is 12.2. The van der Waals surface area contributed by atoms with Crippen molar-refractivity contribution in [3.63, 3.8) is 0 Å². The molecule has 2 amide bonds. The van der Waals surface area contributed by atoms with Crippen LogP contribution in [0.25, 0.3) is 0 Å². The van der Waals surface area contributed by atoms with E-state index in [1.165, 1.54) is 15.3 Å². The maximum atomic E-state index is 12.3. The Morgan fingerprint density at radius 2 is 2.04 bits per heavy atom. The van der Waals surface area contributed by atoms with E-state index in [4.69, 9.17) is 0 Å². The number of carbonyl (C=O) groups excluding carboxylic acids is 2. The molecule has 2 heterocycles. The number of hydrogen-bond donors (Lipinski definition) is 2. The van der Waals surface area contributed by atoms with Crippen LogP contribution in [0.1, 0.15) is 54.0 Å². The number of carbonyl (C=O) groups is 2. The second kappa shape index (κ2) is 7.23. The zero-order valence-electron chi connectivity index (χ0n) is 15.9. The van der Waals surface area contributed by atoms with Gasteiger partial charge in [0.05, 0.1) is 0 Å². The lowest BCUT2D eigenvalue weighted by Gasteiger charge is -2.32. The van der Waals surface area contributed by atoms with Crippen LogP contribution in [0.2, 0.25) is 0 Å². The first kappa shape index (κ1) is 18.6. The zero-order chi connectivity index (χ0) is 18.9. The van der Waals surface area contributed by atoms with Crippen molar-refractivity contribution in [2.45, 2.75) is 58.8 Å². The molecule has 26 heavy (non-hydrogen) atoms. The van der Waals surface area contributed by atoms with Gasteiger partial charge in [-0.1, -0.05) is 13.8 Å². The number of benzene rings is 1. The number of hydrogen-bond acceptors (Lipinski definition) is 3. The average Bonchev–Trinajstić information content (AvgIpc) is 2.85. The van der Waals surface area contributed by atoms with Crippen molar-refractivity contribution in [1.82, 2.24) is 0 Å². The lowest BCUT2D eigenvalue weighted by atomic mass is 9.78. The van der Waals surface area contributed by atoms with E-state index in [0.717, 1.165) is 29.8 Å². The molecule has 2 N–H and O–H groups in total. The Morgan fingerprint density at radius 1 is 1.27 bits per heavy atom. The minimum Gasteiger partial charge on any atom is -0.326 e. The molecule has 0 unspecified atom stereocenters. The highest BCUT2D eigenvalue weighted by molar-refractivity contribution is 7.12. The first-order valence-corrected chi connectivity index (χ1v) is 9.86. The lowest BCUT2D eigenvalue weighted by Crippen LogP contribution is -2.32. The summed E-state index contributed by atoms with van der Waals surface area (Å²) in [5.41, 5.74) is 3.83. The van der Waals surface area contributed by atoms with E-state index in [-0.39, 0.29) is 17.2 Å². The Hall–Kier alpha value is -2.14. The highest BCUT2D eigenvalue weighted by Gasteiger charge is 2.32. The molecule has 0 saturated heterocycles. The standard InChI is InChI=1S/C21H26N2O2S/c1-13-10-15(14(2)26-13)6-5-7-19(24)22-16-8-9-18-17(11-16)21(3,4)12-20(25)23-18/h8-11H,5-7,12H2,1-4H3,(H,22,24)(H,23,25). The second-order valence-corrected chi connectivity index (χ2v) is 9.17. The Labute approximate surface area is 159 Å². The van der Waals surface area contributed by atoms with Crippen molar-refractivity contribution >= 4 is 34.5 Å². The van der Waals surface area contributed by atoms with E-state index in [2.05, 4.69) is 44.4 Å². The van der Waals surface area contributed by atoms with Gasteiger partial charge in [0.15, 0.2) is 0 Å². The van der Waals surface area contributed by atoms with E-state index >= 15 is 0 Å². The molecule has 1 aromatic carbocycles. The predicted molar refractivity (Wildman–Crippen MR) is 108 cm³/mol. The van der Waals surface area contributed by atoms with Crippen LogP contribution < -0.4 is 10.6 Å². The number of rotatable bonds is 5. The molecule has 138 valence electrons. The van der Waals surface area contributed by atoms with Crippen molar-refractivity contribution in [2.24, 2.45) is 0 Å². The Bertz CT molecular complexity index is 852. The van der Waals surface area contributed by atoms with Crippen molar-refractivity contribution in [1.29, 1.82) is 0 Å². The highest BCUT2D eigenvalue weighted by Crippen LogP contribution is 2.38. The quantitative estimate of drug-likeness (QED) is 0.783. The van der Waals surface area contributed by atoms with Crippen LogP contribution in [0.4, 0.5) is 11.4 Å². The van der Waals surface area contributed by atoms with Gasteiger partial charge in [-0.2, -0.15) is 0 Å². The Morgan fingerprint density at radius 3 is 2.73 bits per heavy atom. The number of thiophene rings is 1. The molecule has 0 atom stereocenters. The zero-order valence-corrected chi connectivity index (χ0v) is 16.7. The van der Waals surface area contributed by atoms with Gasteiger partial charge >= 0.3 is 0 Å².